The van der Waals surface area contributed by atoms with Crippen molar-refractivity contribution in [2.45, 2.75) is 19.3 Å². The van der Waals surface area contributed by atoms with Crippen LogP contribution in [-0.2, 0) is 5.41 Å². The van der Waals surface area contributed by atoms with Crippen molar-refractivity contribution in [3.8, 4) is 29.0 Å². The number of rotatable bonds is 6. The van der Waals surface area contributed by atoms with E-state index in [-0.39, 0.29) is 0 Å². The number of para-hydroxylation sites is 5. The predicted octanol–water partition coefficient (Wildman–Crippen LogP) is 20.9. The first kappa shape index (κ1) is 47.9. The molecule has 0 N–H and O–H groups in total. The summed E-state index contributed by atoms with van der Waals surface area (Å²) in [6.45, 7) is 4.24. The van der Waals surface area contributed by atoms with Gasteiger partial charge < -0.3 is 23.2 Å². The highest BCUT2D eigenvalue weighted by molar-refractivity contribution is 6.20. The Morgan fingerprint density at radius 3 is 1.38 bits per heavy atom. The van der Waals surface area contributed by atoms with Crippen LogP contribution in [0.4, 0.5) is 34.1 Å². The van der Waals surface area contributed by atoms with E-state index in [0.717, 1.165) is 99.9 Å². The lowest BCUT2D eigenvalue weighted by Crippen LogP contribution is -2.33. The van der Waals surface area contributed by atoms with E-state index in [1.807, 2.05) is 36.4 Å². The van der Waals surface area contributed by atoms with E-state index in [2.05, 4.69) is 253 Å². The molecule has 2 aliphatic rings. The smallest absolute Gasteiger partial charge is 0.159 e. The van der Waals surface area contributed by atoms with E-state index in [1.165, 1.54) is 49.4 Å². The summed E-state index contributed by atoms with van der Waals surface area (Å²) >= 11 is 0. The summed E-state index contributed by atoms with van der Waals surface area (Å²) in [6.07, 6.45) is 0. The molecule has 1 aliphatic heterocycles. The monoisotopic (exact) mass is 1100 g/mol. The molecule has 7 nitrogen and oxygen atoms in total. The molecule has 0 fully saturated rings. The Kier molecular flexibility index (Phi) is 9.86. The van der Waals surface area contributed by atoms with Gasteiger partial charge in [0.1, 0.15) is 12.1 Å². The second kappa shape index (κ2) is 17.7. The van der Waals surface area contributed by atoms with Crippen molar-refractivity contribution in [2.24, 2.45) is 0 Å². The second-order valence-electron chi connectivity index (χ2n) is 23.1. The van der Waals surface area contributed by atoms with Gasteiger partial charge in [-0.25, -0.2) is 0 Å². The molecule has 1 spiro atoms. The summed E-state index contributed by atoms with van der Waals surface area (Å²) in [5, 5.41) is 31.4. The minimum absolute atomic E-state index is 0.489. The fourth-order valence-corrected chi connectivity index (χ4v) is 14.9. The van der Waals surface area contributed by atoms with Gasteiger partial charge in [-0.1, -0.05) is 175 Å². The van der Waals surface area contributed by atoms with Crippen LogP contribution in [0.15, 0.2) is 258 Å². The molecule has 0 amide bonds. The topological polar surface area (TPSA) is 85.3 Å². The highest BCUT2D eigenvalue weighted by atomic mass is 16.3. The van der Waals surface area contributed by atoms with Gasteiger partial charge in [0, 0.05) is 55.1 Å². The minimum atomic E-state index is -0.823. The highest BCUT2D eigenvalue weighted by Crippen LogP contribution is 2.64. The average Bonchev–Trinajstić information content (AvgIpc) is 1.55. The Labute approximate surface area is 493 Å². The van der Waals surface area contributed by atoms with Crippen LogP contribution in [0.25, 0.3) is 104 Å². The van der Waals surface area contributed by atoms with Crippen molar-refractivity contribution in [1.29, 1.82) is 10.5 Å². The van der Waals surface area contributed by atoms with Gasteiger partial charge in [0.2, 0.25) is 0 Å². The predicted molar refractivity (Wildman–Crippen MR) is 349 cm³/mol. The van der Waals surface area contributed by atoms with Crippen molar-refractivity contribution in [1.82, 2.24) is 4.57 Å². The van der Waals surface area contributed by atoms with Crippen molar-refractivity contribution >= 4 is 121 Å². The summed E-state index contributed by atoms with van der Waals surface area (Å²) in [5.41, 5.74) is 21.1. The minimum Gasteiger partial charge on any atom is -0.452 e. The van der Waals surface area contributed by atoms with Crippen LogP contribution >= 0.6 is 0 Å². The van der Waals surface area contributed by atoms with Crippen molar-refractivity contribution in [2.75, 3.05) is 9.80 Å². The molecule has 0 saturated carbocycles. The van der Waals surface area contributed by atoms with E-state index in [0.29, 0.717) is 33.5 Å². The van der Waals surface area contributed by atoms with Crippen LogP contribution in [0.3, 0.4) is 0 Å². The number of benzene rings is 13. The number of furan rings is 2. The van der Waals surface area contributed by atoms with E-state index in [1.54, 1.807) is 0 Å². The molecule has 7 heteroatoms. The van der Waals surface area contributed by atoms with E-state index < -0.39 is 5.41 Å². The van der Waals surface area contributed by atoms with Gasteiger partial charge in [-0.2, -0.15) is 10.5 Å². The lowest BCUT2D eigenvalue weighted by atomic mass is 9.65. The van der Waals surface area contributed by atoms with Gasteiger partial charge in [0.15, 0.2) is 22.3 Å². The number of aromatic nitrogens is 1. The van der Waals surface area contributed by atoms with Crippen LogP contribution in [0, 0.1) is 36.5 Å². The number of fused-ring (bicyclic) bond motifs is 22. The molecule has 4 heterocycles. The normalized spacial score (nSPS) is 12.8. The molecule has 0 unspecified atom stereocenters. The molecule has 16 aromatic rings. The Balaban J connectivity index is 1.01. The SMILES string of the molecule is Cc1ccc(N(c2ccc3c(c2)c2cc(N(c4ccc(C)cc4)c4cccc5c4oc4c(C#N)cccc45)cc4c2n3-c2ccccc2C42c3ccc4ccccc4c3-c3c2ccc2ccccc32)c2cccc3c2oc2c(C#N)cccc23)cc1. The summed E-state index contributed by atoms with van der Waals surface area (Å²) in [7, 11) is 0. The third kappa shape index (κ3) is 6.38. The molecule has 400 valence electrons. The molecule has 0 saturated heterocycles. The molecule has 0 atom stereocenters. The van der Waals surface area contributed by atoms with Gasteiger partial charge in [0.25, 0.3) is 0 Å². The van der Waals surface area contributed by atoms with Crippen LogP contribution < -0.4 is 9.80 Å². The molecular weight excluding hydrogens is 1050 g/mol. The molecule has 13 aromatic carbocycles. The molecule has 1 aliphatic carbocycles. The highest BCUT2D eigenvalue weighted by Gasteiger charge is 2.52. The summed E-state index contributed by atoms with van der Waals surface area (Å²) < 4.78 is 16.4. The first-order chi connectivity index (χ1) is 42.4. The Hall–Kier alpha value is -11.6. The third-order valence-electron chi connectivity index (χ3n) is 18.5. The van der Waals surface area contributed by atoms with Crippen molar-refractivity contribution in [3.63, 3.8) is 0 Å². The average molecular weight is 1100 g/mol. The first-order valence-corrected chi connectivity index (χ1v) is 29.1. The first-order valence-electron chi connectivity index (χ1n) is 29.1. The molecule has 18 rings (SSSR count). The van der Waals surface area contributed by atoms with Gasteiger partial charge in [-0.15, -0.1) is 0 Å². The molecule has 0 radical (unpaired) electrons. The molecule has 3 aromatic heterocycles. The number of aryl methyl sites for hydroxylation is 2. The van der Waals surface area contributed by atoms with Crippen LogP contribution in [-0.4, -0.2) is 4.57 Å². The lowest BCUT2D eigenvalue weighted by Gasteiger charge is -2.40. The van der Waals surface area contributed by atoms with Gasteiger partial charge in [0.05, 0.1) is 44.6 Å². The van der Waals surface area contributed by atoms with Crippen LogP contribution in [0.1, 0.15) is 44.5 Å². The summed E-state index contributed by atoms with van der Waals surface area (Å²) in [6, 6.07) is 94.5. The zero-order valence-electron chi connectivity index (χ0n) is 46.7. The summed E-state index contributed by atoms with van der Waals surface area (Å²) in [4.78, 5) is 4.66. The van der Waals surface area contributed by atoms with Gasteiger partial charge >= 0.3 is 0 Å². The largest absolute Gasteiger partial charge is 0.452 e. The second-order valence-corrected chi connectivity index (χ2v) is 23.1. The van der Waals surface area contributed by atoms with Crippen LogP contribution in [0.5, 0.6) is 0 Å². The molecule has 86 heavy (non-hydrogen) atoms. The third-order valence-corrected chi connectivity index (χ3v) is 18.5. The Morgan fingerprint density at radius 2 is 0.826 bits per heavy atom. The number of anilines is 6. The number of hydrogen-bond acceptors (Lipinski definition) is 6. The Bertz CT molecular complexity index is 5640. The fraction of sp³-hybridized carbons (Fsp3) is 0.0380. The Morgan fingerprint density at radius 1 is 0.360 bits per heavy atom. The molecular formula is C79H47N5O2. The molecule has 0 bridgehead atoms. The van der Waals surface area contributed by atoms with Gasteiger partial charge in [-0.05, 0) is 154 Å². The van der Waals surface area contributed by atoms with Crippen molar-refractivity contribution in [3.05, 3.63) is 293 Å². The quantitative estimate of drug-likeness (QED) is 0.165. The maximum Gasteiger partial charge on any atom is 0.159 e. The van der Waals surface area contributed by atoms with E-state index >= 15 is 0 Å². The standard InChI is InChI=1S/C79H47N5O2/c1-46-27-33-52(34-28-46)82(70-25-11-21-60-58-19-9-15-50(44-80)75(58)85-77(60)70)54-37-40-68-62(41-54)63-42-55(83(53-35-29-47(2)30-36-53)71-26-12-22-61-59-20-10-16-51(45-81)76(59)86-78(61)71)43-67-74(63)84(68)69-24-8-7-23-64(69)79(67)65-38-31-48-13-3-5-17-56(48)72(65)73-57-18-6-4-14-49(57)32-39-66(73)79/h3-43H,1-2H3. The van der Waals surface area contributed by atoms with Crippen molar-refractivity contribution < 1.29 is 8.83 Å². The zero-order chi connectivity index (χ0) is 57.1. The lowest BCUT2D eigenvalue weighted by molar-refractivity contribution is 0.667. The number of hydrogen-bond donors (Lipinski definition) is 0. The zero-order valence-corrected chi connectivity index (χ0v) is 46.7. The van der Waals surface area contributed by atoms with Gasteiger partial charge in [-0.3, -0.25) is 0 Å². The number of nitrogens with zero attached hydrogens (tertiary/aromatic N) is 5. The maximum absolute atomic E-state index is 10.5. The maximum atomic E-state index is 10.5. The fourth-order valence-electron chi connectivity index (χ4n) is 14.9. The van der Waals surface area contributed by atoms with E-state index in [9.17, 15) is 10.5 Å². The number of nitriles is 2. The van der Waals surface area contributed by atoms with E-state index in [4.69, 9.17) is 8.83 Å². The van der Waals surface area contributed by atoms with Crippen LogP contribution in [0.2, 0.25) is 0 Å². The summed E-state index contributed by atoms with van der Waals surface area (Å²) in [5.74, 6) is 0.